The zero-order chi connectivity index (χ0) is 16.7. The van der Waals surface area contributed by atoms with Gasteiger partial charge < -0.3 is 0 Å². The van der Waals surface area contributed by atoms with E-state index in [2.05, 4.69) is 16.9 Å². The van der Waals surface area contributed by atoms with Crippen molar-refractivity contribution in [2.24, 2.45) is 0 Å². The lowest BCUT2D eigenvalue weighted by molar-refractivity contribution is 0.0957. The van der Waals surface area contributed by atoms with Crippen LogP contribution >= 0.6 is 11.6 Å². The molecule has 4 aromatic rings. The standard InChI is InChI=1S/C18H15ClN4O/c1-2-5-14-17(22-10-12(19)8-9-16(22)21-14)18(24)23-11-20-13-6-3-4-7-15(13)23/h3-4,6-11H,2,5H2,1H3. The van der Waals surface area contributed by atoms with Gasteiger partial charge in [-0.3, -0.25) is 13.8 Å². The van der Waals surface area contributed by atoms with Crippen LogP contribution in [-0.4, -0.2) is 24.8 Å². The highest BCUT2D eigenvalue weighted by molar-refractivity contribution is 6.30. The molecular weight excluding hydrogens is 324 g/mol. The minimum Gasteiger partial charge on any atom is -0.294 e. The van der Waals surface area contributed by atoms with E-state index in [-0.39, 0.29) is 5.91 Å². The third kappa shape index (κ3) is 2.29. The molecule has 24 heavy (non-hydrogen) atoms. The summed E-state index contributed by atoms with van der Waals surface area (Å²) in [5, 5.41) is 0.562. The molecule has 0 aliphatic heterocycles. The zero-order valence-corrected chi connectivity index (χ0v) is 13.9. The number of rotatable bonds is 3. The third-order valence-corrected chi connectivity index (χ3v) is 4.24. The molecule has 0 aliphatic rings. The van der Waals surface area contributed by atoms with Crippen LogP contribution < -0.4 is 0 Å². The lowest BCUT2D eigenvalue weighted by atomic mass is 10.2. The Labute approximate surface area is 143 Å². The van der Waals surface area contributed by atoms with E-state index in [9.17, 15) is 4.79 Å². The van der Waals surface area contributed by atoms with Crippen molar-refractivity contribution >= 4 is 34.2 Å². The summed E-state index contributed by atoms with van der Waals surface area (Å²) in [6.45, 7) is 2.07. The molecule has 5 nitrogen and oxygen atoms in total. The van der Waals surface area contributed by atoms with E-state index < -0.39 is 0 Å². The van der Waals surface area contributed by atoms with Gasteiger partial charge in [0, 0.05) is 6.20 Å². The highest BCUT2D eigenvalue weighted by Gasteiger charge is 2.21. The number of carbonyl (C=O) groups is 1. The van der Waals surface area contributed by atoms with Crippen molar-refractivity contribution in [1.82, 2.24) is 18.9 Å². The molecule has 0 spiro atoms. The van der Waals surface area contributed by atoms with Gasteiger partial charge in [-0.2, -0.15) is 0 Å². The van der Waals surface area contributed by atoms with Crippen molar-refractivity contribution in [2.45, 2.75) is 19.8 Å². The topological polar surface area (TPSA) is 52.2 Å². The van der Waals surface area contributed by atoms with Crippen molar-refractivity contribution in [3.8, 4) is 0 Å². The van der Waals surface area contributed by atoms with E-state index in [1.807, 2.05) is 30.3 Å². The van der Waals surface area contributed by atoms with Crippen LogP contribution in [0.4, 0.5) is 0 Å². The number of hydrogen-bond acceptors (Lipinski definition) is 3. The summed E-state index contributed by atoms with van der Waals surface area (Å²) in [5.74, 6) is -0.151. The Balaban J connectivity index is 1.95. The second-order valence-corrected chi connectivity index (χ2v) is 6.08. The monoisotopic (exact) mass is 338 g/mol. The number of hydrogen-bond donors (Lipinski definition) is 0. The molecule has 0 bridgehead atoms. The van der Waals surface area contributed by atoms with E-state index in [0.717, 1.165) is 35.2 Å². The molecule has 0 N–H and O–H groups in total. The number of carbonyl (C=O) groups excluding carboxylic acids is 1. The highest BCUT2D eigenvalue weighted by Crippen LogP contribution is 2.21. The number of pyridine rings is 1. The Bertz CT molecular complexity index is 1060. The Hall–Kier alpha value is -2.66. The maximum absolute atomic E-state index is 13.2. The number of halogens is 1. The van der Waals surface area contributed by atoms with E-state index >= 15 is 0 Å². The summed E-state index contributed by atoms with van der Waals surface area (Å²) in [6, 6.07) is 11.2. The molecule has 0 atom stereocenters. The molecule has 0 amide bonds. The summed E-state index contributed by atoms with van der Waals surface area (Å²) in [6.07, 6.45) is 4.93. The van der Waals surface area contributed by atoms with Gasteiger partial charge >= 0.3 is 0 Å². The second kappa shape index (κ2) is 5.76. The number of aromatic nitrogens is 4. The fraction of sp³-hybridized carbons (Fsp3) is 0.167. The summed E-state index contributed by atoms with van der Waals surface area (Å²) < 4.78 is 3.34. The van der Waals surface area contributed by atoms with E-state index in [0.29, 0.717) is 10.7 Å². The van der Waals surface area contributed by atoms with Gasteiger partial charge in [0.2, 0.25) is 0 Å². The quantitative estimate of drug-likeness (QED) is 0.567. The maximum Gasteiger partial charge on any atom is 0.282 e. The Morgan fingerprint density at radius 3 is 2.88 bits per heavy atom. The Morgan fingerprint density at radius 1 is 1.21 bits per heavy atom. The second-order valence-electron chi connectivity index (χ2n) is 5.64. The first-order valence-corrected chi connectivity index (χ1v) is 8.20. The van der Waals surface area contributed by atoms with Crippen LogP contribution in [0.5, 0.6) is 0 Å². The summed E-state index contributed by atoms with van der Waals surface area (Å²) >= 11 is 6.12. The average molecular weight is 339 g/mol. The lowest BCUT2D eigenvalue weighted by Crippen LogP contribution is -2.15. The summed E-state index contributed by atoms with van der Waals surface area (Å²) in [5.41, 5.74) is 3.60. The number of aryl methyl sites for hydroxylation is 1. The summed E-state index contributed by atoms with van der Waals surface area (Å²) in [7, 11) is 0. The van der Waals surface area contributed by atoms with Crippen molar-refractivity contribution in [3.63, 3.8) is 0 Å². The predicted octanol–water partition coefficient (Wildman–Crippen LogP) is 3.98. The minimum atomic E-state index is -0.151. The fourth-order valence-electron chi connectivity index (χ4n) is 2.94. The van der Waals surface area contributed by atoms with Gasteiger partial charge in [-0.15, -0.1) is 0 Å². The predicted molar refractivity (Wildman–Crippen MR) is 93.7 cm³/mol. The SMILES string of the molecule is CCCc1nc2ccc(Cl)cn2c1C(=O)n1cnc2ccccc21. The third-order valence-electron chi connectivity index (χ3n) is 4.02. The van der Waals surface area contributed by atoms with E-state index in [1.54, 1.807) is 27.6 Å². The first-order chi connectivity index (χ1) is 11.7. The normalized spacial score (nSPS) is 11.4. The van der Waals surface area contributed by atoms with Crippen LogP contribution in [0.2, 0.25) is 5.02 Å². The molecular formula is C18H15ClN4O. The van der Waals surface area contributed by atoms with E-state index in [4.69, 9.17) is 11.6 Å². The molecule has 0 saturated carbocycles. The van der Waals surface area contributed by atoms with Crippen LogP contribution in [0.25, 0.3) is 16.7 Å². The lowest BCUT2D eigenvalue weighted by Gasteiger charge is -2.06. The van der Waals surface area contributed by atoms with Gasteiger partial charge in [-0.25, -0.2) is 9.97 Å². The largest absolute Gasteiger partial charge is 0.294 e. The fourth-order valence-corrected chi connectivity index (χ4v) is 3.10. The molecule has 3 heterocycles. The summed E-state index contributed by atoms with van der Waals surface area (Å²) in [4.78, 5) is 22.1. The molecule has 0 fully saturated rings. The molecule has 0 aliphatic carbocycles. The Kier molecular flexibility index (Phi) is 3.58. The molecule has 0 saturated heterocycles. The highest BCUT2D eigenvalue weighted by atomic mass is 35.5. The number of para-hydroxylation sites is 2. The van der Waals surface area contributed by atoms with Gasteiger partial charge in [0.25, 0.3) is 5.91 Å². The number of fused-ring (bicyclic) bond motifs is 2. The first-order valence-electron chi connectivity index (χ1n) is 7.82. The van der Waals surface area contributed by atoms with Crippen LogP contribution in [0.1, 0.15) is 29.5 Å². The average Bonchev–Trinajstić information content (AvgIpc) is 3.15. The Morgan fingerprint density at radius 2 is 2.04 bits per heavy atom. The van der Waals surface area contributed by atoms with Crippen LogP contribution in [-0.2, 0) is 6.42 Å². The molecule has 3 aromatic heterocycles. The zero-order valence-electron chi connectivity index (χ0n) is 13.1. The smallest absolute Gasteiger partial charge is 0.282 e. The van der Waals surface area contributed by atoms with Crippen molar-refractivity contribution in [1.29, 1.82) is 0 Å². The van der Waals surface area contributed by atoms with Crippen LogP contribution in [0, 0.1) is 0 Å². The molecule has 0 unspecified atom stereocenters. The molecule has 120 valence electrons. The molecule has 1 aromatic carbocycles. The van der Waals surface area contributed by atoms with Crippen LogP contribution in [0.15, 0.2) is 48.9 Å². The molecule has 0 radical (unpaired) electrons. The van der Waals surface area contributed by atoms with Gasteiger partial charge in [0.15, 0.2) is 0 Å². The molecule has 4 rings (SSSR count). The van der Waals surface area contributed by atoms with Gasteiger partial charge in [-0.05, 0) is 30.7 Å². The van der Waals surface area contributed by atoms with Gasteiger partial charge in [0.05, 0.1) is 21.7 Å². The first kappa shape index (κ1) is 14.9. The van der Waals surface area contributed by atoms with Crippen molar-refractivity contribution in [2.75, 3.05) is 0 Å². The van der Waals surface area contributed by atoms with Crippen LogP contribution in [0.3, 0.4) is 0 Å². The maximum atomic E-state index is 13.2. The van der Waals surface area contributed by atoms with Crippen molar-refractivity contribution < 1.29 is 4.79 Å². The van der Waals surface area contributed by atoms with E-state index in [1.165, 1.54) is 0 Å². The van der Waals surface area contributed by atoms with Gasteiger partial charge in [-0.1, -0.05) is 37.1 Å². The number of benzene rings is 1. The van der Waals surface area contributed by atoms with Gasteiger partial charge in [0.1, 0.15) is 17.7 Å². The molecule has 6 heteroatoms. The number of imidazole rings is 2. The number of nitrogens with zero attached hydrogens (tertiary/aromatic N) is 4. The minimum absolute atomic E-state index is 0.151. The van der Waals surface area contributed by atoms with Crippen molar-refractivity contribution in [3.05, 3.63) is 65.3 Å².